The van der Waals surface area contributed by atoms with E-state index in [2.05, 4.69) is 5.92 Å². The molecule has 4 heteroatoms. The Morgan fingerprint density at radius 2 is 2.38 bits per heavy atom. The van der Waals surface area contributed by atoms with E-state index in [9.17, 15) is 9.90 Å². The molecular formula is C12H19NO3. The van der Waals surface area contributed by atoms with Crippen LogP contribution >= 0.6 is 0 Å². The average Bonchev–Trinajstić information content (AvgIpc) is 3.07. The largest absolute Gasteiger partial charge is 0.391 e. The van der Waals surface area contributed by atoms with Gasteiger partial charge < -0.3 is 14.7 Å². The highest BCUT2D eigenvalue weighted by molar-refractivity contribution is 5.75. The van der Waals surface area contributed by atoms with Crippen molar-refractivity contribution in [3.8, 4) is 12.3 Å². The molecule has 1 amide bonds. The maximum atomic E-state index is 11.6. The predicted octanol–water partition coefficient (Wildman–Crippen LogP) is 0.256. The Balaban J connectivity index is 2.12. The molecule has 0 saturated heterocycles. The van der Waals surface area contributed by atoms with Crippen molar-refractivity contribution >= 4 is 5.91 Å². The van der Waals surface area contributed by atoms with Crippen LogP contribution in [-0.2, 0) is 9.53 Å². The molecule has 1 fully saturated rings. The number of likely N-dealkylation sites (N-methyl/N-ethyl adjacent to an activating group) is 1. The van der Waals surface area contributed by atoms with E-state index < -0.39 is 0 Å². The van der Waals surface area contributed by atoms with Crippen LogP contribution in [0.2, 0.25) is 0 Å². The topological polar surface area (TPSA) is 49.8 Å². The summed E-state index contributed by atoms with van der Waals surface area (Å²) >= 11 is 0. The molecule has 0 spiro atoms. The summed E-state index contributed by atoms with van der Waals surface area (Å²) in [5.74, 6) is 2.72. The summed E-state index contributed by atoms with van der Waals surface area (Å²) in [5.41, 5.74) is 0. The van der Waals surface area contributed by atoms with Crippen molar-refractivity contribution in [2.75, 3.05) is 26.8 Å². The van der Waals surface area contributed by atoms with Gasteiger partial charge in [0.2, 0.25) is 5.91 Å². The number of nitrogens with zero attached hydrogens (tertiary/aromatic N) is 1. The quantitative estimate of drug-likeness (QED) is 0.499. The maximum absolute atomic E-state index is 11.6. The first-order valence-corrected chi connectivity index (χ1v) is 5.58. The summed E-state index contributed by atoms with van der Waals surface area (Å²) in [6.45, 7) is 0.993. The molecule has 1 unspecified atom stereocenters. The summed E-state index contributed by atoms with van der Waals surface area (Å²) in [6.07, 6.45) is 7.10. The lowest BCUT2D eigenvalue weighted by Crippen LogP contribution is -2.35. The van der Waals surface area contributed by atoms with Crippen LogP contribution < -0.4 is 0 Å². The Kier molecular flexibility index (Phi) is 5.30. The van der Waals surface area contributed by atoms with Crippen LogP contribution in [0.1, 0.15) is 19.3 Å². The minimum Gasteiger partial charge on any atom is -0.391 e. The number of amides is 1. The molecule has 4 nitrogen and oxygen atoms in total. The number of ether oxygens (including phenoxy) is 1. The van der Waals surface area contributed by atoms with Gasteiger partial charge in [0.1, 0.15) is 6.61 Å². The lowest BCUT2D eigenvalue weighted by molar-refractivity contribution is -0.132. The van der Waals surface area contributed by atoms with Gasteiger partial charge in [-0.25, -0.2) is 0 Å². The van der Waals surface area contributed by atoms with Gasteiger partial charge in [0.05, 0.1) is 19.1 Å². The summed E-state index contributed by atoms with van der Waals surface area (Å²) in [4.78, 5) is 13.1. The number of terminal acetylenes is 1. The number of carbonyl (C=O) groups is 1. The van der Waals surface area contributed by atoms with Gasteiger partial charge in [0.25, 0.3) is 0 Å². The highest BCUT2D eigenvalue weighted by Crippen LogP contribution is 2.32. The van der Waals surface area contributed by atoms with E-state index in [1.165, 1.54) is 0 Å². The molecule has 90 valence electrons. The molecule has 1 N–H and O–H groups in total. The van der Waals surface area contributed by atoms with E-state index in [4.69, 9.17) is 11.2 Å². The van der Waals surface area contributed by atoms with Gasteiger partial charge in [-0.05, 0) is 18.8 Å². The van der Waals surface area contributed by atoms with Gasteiger partial charge in [-0.2, -0.15) is 0 Å². The Hall–Kier alpha value is -1.05. The second-order valence-electron chi connectivity index (χ2n) is 4.19. The van der Waals surface area contributed by atoms with Gasteiger partial charge in [-0.15, -0.1) is 6.42 Å². The summed E-state index contributed by atoms with van der Waals surface area (Å²) in [7, 11) is 1.70. The normalized spacial score (nSPS) is 16.6. The Morgan fingerprint density at radius 3 is 2.94 bits per heavy atom. The summed E-state index contributed by atoms with van der Waals surface area (Å²) in [5, 5.41) is 9.67. The van der Waals surface area contributed by atoms with Crippen LogP contribution in [0.25, 0.3) is 0 Å². The van der Waals surface area contributed by atoms with Gasteiger partial charge in [0, 0.05) is 13.6 Å². The first-order valence-electron chi connectivity index (χ1n) is 5.58. The number of carbonyl (C=O) groups excluding carboxylic acids is 1. The number of hydrogen-bond acceptors (Lipinski definition) is 3. The van der Waals surface area contributed by atoms with Gasteiger partial charge in [0.15, 0.2) is 0 Å². The van der Waals surface area contributed by atoms with Crippen LogP contribution in [0, 0.1) is 18.3 Å². The van der Waals surface area contributed by atoms with Crippen LogP contribution in [0.4, 0.5) is 0 Å². The van der Waals surface area contributed by atoms with Crippen molar-refractivity contribution in [3.63, 3.8) is 0 Å². The van der Waals surface area contributed by atoms with Crippen LogP contribution in [0.3, 0.4) is 0 Å². The predicted molar refractivity (Wildman–Crippen MR) is 60.6 cm³/mol. The smallest absolute Gasteiger partial charge is 0.224 e. The lowest BCUT2D eigenvalue weighted by atomic mass is 10.2. The van der Waals surface area contributed by atoms with Gasteiger partial charge in [-0.3, -0.25) is 4.79 Å². The fourth-order valence-corrected chi connectivity index (χ4v) is 1.49. The number of aliphatic hydroxyl groups is 1. The zero-order valence-corrected chi connectivity index (χ0v) is 9.69. The standard InChI is InChI=1S/C12H19NO3/c1-3-7-16-8-6-12(15)13(2)9-11(14)10-4-5-10/h1,10-11,14H,4-9H2,2H3. The third-order valence-corrected chi connectivity index (χ3v) is 2.70. The van der Waals surface area contributed by atoms with Crippen LogP contribution in [0.5, 0.6) is 0 Å². The van der Waals surface area contributed by atoms with Gasteiger partial charge >= 0.3 is 0 Å². The number of aliphatic hydroxyl groups excluding tert-OH is 1. The molecule has 1 atom stereocenters. The van der Waals surface area contributed by atoms with Crippen molar-refractivity contribution in [2.24, 2.45) is 5.92 Å². The van der Waals surface area contributed by atoms with E-state index in [1.54, 1.807) is 11.9 Å². The highest BCUT2D eigenvalue weighted by Gasteiger charge is 2.30. The molecule has 0 aromatic carbocycles. The van der Waals surface area contributed by atoms with Crippen LogP contribution in [-0.4, -0.2) is 48.8 Å². The molecule has 0 aliphatic heterocycles. The molecule has 0 heterocycles. The first-order chi connectivity index (χ1) is 7.65. The van der Waals surface area contributed by atoms with E-state index in [0.717, 1.165) is 12.8 Å². The Morgan fingerprint density at radius 1 is 1.69 bits per heavy atom. The highest BCUT2D eigenvalue weighted by atomic mass is 16.5. The van der Waals surface area contributed by atoms with Gasteiger partial charge in [-0.1, -0.05) is 5.92 Å². The molecular weight excluding hydrogens is 206 g/mol. The minimum atomic E-state index is -0.374. The van der Waals surface area contributed by atoms with Crippen molar-refractivity contribution < 1.29 is 14.6 Å². The van der Waals surface area contributed by atoms with E-state index in [-0.39, 0.29) is 18.6 Å². The molecule has 0 radical (unpaired) electrons. The van der Waals surface area contributed by atoms with Crippen molar-refractivity contribution in [1.82, 2.24) is 4.90 Å². The first kappa shape index (κ1) is 13.0. The Bertz CT molecular complexity index is 268. The monoisotopic (exact) mass is 225 g/mol. The third kappa shape index (κ3) is 4.65. The second-order valence-corrected chi connectivity index (χ2v) is 4.19. The fraction of sp³-hybridized carbons (Fsp3) is 0.750. The van der Waals surface area contributed by atoms with E-state index >= 15 is 0 Å². The van der Waals surface area contributed by atoms with Crippen LogP contribution in [0.15, 0.2) is 0 Å². The summed E-state index contributed by atoms with van der Waals surface area (Å²) in [6, 6.07) is 0. The molecule has 1 aliphatic carbocycles. The molecule has 0 bridgehead atoms. The minimum absolute atomic E-state index is 0.0169. The fourth-order valence-electron chi connectivity index (χ4n) is 1.49. The third-order valence-electron chi connectivity index (χ3n) is 2.70. The lowest BCUT2D eigenvalue weighted by Gasteiger charge is -2.20. The molecule has 1 aliphatic rings. The van der Waals surface area contributed by atoms with Crippen molar-refractivity contribution in [1.29, 1.82) is 0 Å². The summed E-state index contributed by atoms with van der Waals surface area (Å²) < 4.78 is 5.02. The van der Waals surface area contributed by atoms with E-state index in [1.807, 2.05) is 0 Å². The zero-order chi connectivity index (χ0) is 12.0. The molecule has 1 rings (SSSR count). The number of hydrogen-bond donors (Lipinski definition) is 1. The van der Waals surface area contributed by atoms with Crippen molar-refractivity contribution in [2.45, 2.75) is 25.4 Å². The zero-order valence-electron chi connectivity index (χ0n) is 9.69. The second kappa shape index (κ2) is 6.51. The maximum Gasteiger partial charge on any atom is 0.224 e. The average molecular weight is 225 g/mol. The molecule has 1 saturated carbocycles. The SMILES string of the molecule is C#CCOCCC(=O)N(C)CC(O)C1CC1. The molecule has 0 aromatic heterocycles. The molecule has 0 aromatic rings. The number of rotatable bonds is 7. The van der Waals surface area contributed by atoms with E-state index in [0.29, 0.717) is 25.5 Å². The molecule has 16 heavy (non-hydrogen) atoms. The van der Waals surface area contributed by atoms with Crippen molar-refractivity contribution in [3.05, 3.63) is 0 Å². The Labute approximate surface area is 96.6 Å².